The van der Waals surface area contributed by atoms with Crippen LogP contribution in [0.15, 0.2) is 29.2 Å². The van der Waals surface area contributed by atoms with E-state index >= 15 is 0 Å². The van der Waals surface area contributed by atoms with Crippen molar-refractivity contribution in [1.82, 2.24) is 0 Å². The summed E-state index contributed by atoms with van der Waals surface area (Å²) in [6, 6.07) is 6.91. The van der Waals surface area contributed by atoms with Crippen molar-refractivity contribution in [2.24, 2.45) is 0 Å². The summed E-state index contributed by atoms with van der Waals surface area (Å²) in [5, 5.41) is 12.6. The van der Waals surface area contributed by atoms with E-state index < -0.39 is 0 Å². The van der Waals surface area contributed by atoms with E-state index in [1.165, 1.54) is 0 Å². The van der Waals surface area contributed by atoms with E-state index in [1.807, 2.05) is 0 Å². The molecule has 0 aliphatic rings. The van der Waals surface area contributed by atoms with E-state index in [0.29, 0.717) is 5.69 Å². The van der Waals surface area contributed by atoms with Crippen LogP contribution >= 0.6 is 12.0 Å². The third kappa shape index (κ3) is 2.77. The summed E-state index contributed by atoms with van der Waals surface area (Å²) in [6.45, 7) is 0. The summed E-state index contributed by atoms with van der Waals surface area (Å²) in [7, 11) is 0. The molecule has 0 saturated carbocycles. The molecule has 0 aromatic heterocycles. The summed E-state index contributed by atoms with van der Waals surface area (Å²) >= 11 is 0.820. The number of hydrogen-bond acceptors (Lipinski definition) is 5. The van der Waals surface area contributed by atoms with Crippen LogP contribution in [0.3, 0.4) is 0 Å². The van der Waals surface area contributed by atoms with Crippen molar-refractivity contribution < 1.29 is 14.6 Å². The van der Waals surface area contributed by atoms with Gasteiger partial charge in [-0.1, -0.05) is 6.07 Å². The molecule has 60 valence electrons. The number of benzene rings is 1. The normalized spacial score (nSPS) is 9.91. The first-order valence-electron chi connectivity index (χ1n) is 2.81. The molecular weight excluding hydrogens is 166 g/mol. The average molecular weight is 172 g/mol. The molecule has 0 aliphatic heterocycles. The van der Waals surface area contributed by atoms with Gasteiger partial charge in [-0.3, -0.25) is 5.04 Å². The fourth-order valence-electron chi connectivity index (χ4n) is 0.620. The molecule has 0 unspecified atom stereocenters. The van der Waals surface area contributed by atoms with Gasteiger partial charge in [0.2, 0.25) is 0 Å². The Kier molecular flexibility index (Phi) is 3.18. The summed E-state index contributed by atoms with van der Waals surface area (Å²) in [4.78, 5) is 0.723. The Labute approximate surface area is 68.0 Å². The first-order valence-corrected chi connectivity index (χ1v) is 3.56. The Hall–Kier alpha value is -0.750. The quantitative estimate of drug-likeness (QED) is 0.311. The predicted molar refractivity (Wildman–Crippen MR) is 38.9 cm³/mol. The molecule has 1 aromatic rings. The molecule has 5 heteroatoms. The molecule has 0 amide bonds. The van der Waals surface area contributed by atoms with Crippen LogP contribution in [0.1, 0.15) is 0 Å². The molecule has 0 aliphatic carbocycles. The third-order valence-electron chi connectivity index (χ3n) is 1.02. The second-order valence-corrected chi connectivity index (χ2v) is 2.57. The molecule has 0 atom stereocenters. The van der Waals surface area contributed by atoms with E-state index in [1.54, 1.807) is 24.3 Å². The molecule has 0 radical (unpaired) electrons. The molecule has 11 heavy (non-hydrogen) atoms. The molecule has 0 heterocycles. The van der Waals surface area contributed by atoms with Gasteiger partial charge in [0.15, 0.2) is 0 Å². The first kappa shape index (κ1) is 8.35. The average Bonchev–Trinajstić information content (AvgIpc) is 2.01. The Morgan fingerprint density at radius 3 is 2.91 bits per heavy atom. The SMILES string of the molecule is Nc1cccc(SOO[O-])c1. The molecule has 0 spiro atoms. The highest BCUT2D eigenvalue weighted by Gasteiger charge is 1.92. The highest BCUT2D eigenvalue weighted by molar-refractivity contribution is 7.94. The summed E-state index contributed by atoms with van der Waals surface area (Å²) in [5.41, 5.74) is 6.06. The maximum absolute atomic E-state index is 9.41. The molecule has 0 fully saturated rings. The minimum atomic E-state index is 0.615. The van der Waals surface area contributed by atoms with Crippen LogP contribution in [0, 0.1) is 0 Å². The zero-order valence-electron chi connectivity index (χ0n) is 5.52. The van der Waals surface area contributed by atoms with Gasteiger partial charge in [0.1, 0.15) is 0 Å². The largest absolute Gasteiger partial charge is 0.691 e. The van der Waals surface area contributed by atoms with Crippen molar-refractivity contribution in [1.29, 1.82) is 0 Å². The van der Waals surface area contributed by atoms with Gasteiger partial charge >= 0.3 is 0 Å². The fourth-order valence-corrected chi connectivity index (χ4v) is 1.04. The maximum atomic E-state index is 9.41. The minimum absolute atomic E-state index is 0.615. The van der Waals surface area contributed by atoms with E-state index in [2.05, 4.69) is 9.37 Å². The molecule has 0 saturated heterocycles. The van der Waals surface area contributed by atoms with E-state index in [4.69, 9.17) is 5.73 Å². The van der Waals surface area contributed by atoms with Gasteiger partial charge in [0.25, 0.3) is 0 Å². The second kappa shape index (κ2) is 4.20. The lowest BCUT2D eigenvalue weighted by molar-refractivity contribution is -0.777. The Balaban J connectivity index is 2.56. The number of nitrogens with two attached hydrogens (primary N) is 1. The van der Waals surface area contributed by atoms with Crippen LogP contribution in [-0.2, 0) is 9.37 Å². The number of nitrogen functional groups attached to an aromatic ring is 1. The van der Waals surface area contributed by atoms with Crippen LogP contribution in [0.2, 0.25) is 0 Å². The smallest absolute Gasteiger partial charge is 0.0674 e. The van der Waals surface area contributed by atoms with E-state index in [9.17, 15) is 5.26 Å². The molecular formula is C6H6NO3S-. The van der Waals surface area contributed by atoms with Gasteiger partial charge in [0.05, 0.1) is 12.0 Å². The lowest BCUT2D eigenvalue weighted by atomic mass is 10.3. The van der Waals surface area contributed by atoms with Gasteiger partial charge in [-0.05, 0) is 18.2 Å². The second-order valence-electron chi connectivity index (χ2n) is 1.79. The Bertz CT molecular complexity index is 231. The molecule has 1 aromatic carbocycles. The molecule has 0 bridgehead atoms. The van der Waals surface area contributed by atoms with Crippen LogP contribution in [0.5, 0.6) is 0 Å². The van der Waals surface area contributed by atoms with Crippen molar-refractivity contribution in [3.05, 3.63) is 24.3 Å². The lowest BCUT2D eigenvalue weighted by Crippen LogP contribution is -2.00. The van der Waals surface area contributed by atoms with E-state index in [-0.39, 0.29) is 0 Å². The standard InChI is InChI=1S/C6H7NO3S/c7-5-2-1-3-6(4-5)11-10-9-8/h1-4,8H,7H2/p-1. The predicted octanol–water partition coefficient (Wildman–Crippen LogP) is 0.499. The molecule has 1 rings (SSSR count). The van der Waals surface area contributed by atoms with Gasteiger partial charge in [-0.25, -0.2) is 0 Å². The van der Waals surface area contributed by atoms with Crippen molar-refractivity contribution in [3.63, 3.8) is 0 Å². The maximum Gasteiger partial charge on any atom is 0.0674 e. The van der Waals surface area contributed by atoms with Crippen molar-refractivity contribution in [2.45, 2.75) is 4.90 Å². The third-order valence-corrected chi connectivity index (χ3v) is 1.59. The monoisotopic (exact) mass is 172 g/mol. The Morgan fingerprint density at radius 2 is 2.27 bits per heavy atom. The fraction of sp³-hybridized carbons (Fsp3) is 0. The molecule has 2 N–H and O–H groups in total. The minimum Gasteiger partial charge on any atom is -0.691 e. The summed E-state index contributed by atoms with van der Waals surface area (Å²) in [5.74, 6) is 0. The van der Waals surface area contributed by atoms with Gasteiger partial charge in [-0.2, -0.15) is 4.33 Å². The highest BCUT2D eigenvalue weighted by Crippen LogP contribution is 2.20. The summed E-state index contributed by atoms with van der Waals surface area (Å²) < 4.78 is 4.08. The zero-order valence-corrected chi connectivity index (χ0v) is 6.34. The number of anilines is 1. The topological polar surface area (TPSA) is 67.5 Å². The van der Waals surface area contributed by atoms with Crippen molar-refractivity contribution in [2.75, 3.05) is 5.73 Å². The number of hydrogen-bond donors (Lipinski definition) is 1. The summed E-state index contributed by atoms with van der Waals surface area (Å²) in [6.07, 6.45) is 0. The lowest BCUT2D eigenvalue weighted by Gasteiger charge is -2.03. The molecule has 4 nitrogen and oxygen atoms in total. The van der Waals surface area contributed by atoms with E-state index in [0.717, 1.165) is 16.9 Å². The zero-order chi connectivity index (χ0) is 8.10. The van der Waals surface area contributed by atoms with Crippen molar-refractivity contribution >= 4 is 17.7 Å². The first-order chi connectivity index (χ1) is 5.33. The van der Waals surface area contributed by atoms with Crippen LogP contribution in [-0.4, -0.2) is 0 Å². The highest BCUT2D eigenvalue weighted by atomic mass is 32.2. The van der Waals surface area contributed by atoms with Gasteiger partial charge in [0, 0.05) is 10.6 Å². The van der Waals surface area contributed by atoms with Crippen LogP contribution in [0.25, 0.3) is 0 Å². The number of rotatable bonds is 3. The van der Waals surface area contributed by atoms with Gasteiger partial charge in [-0.15, -0.1) is 0 Å². The van der Waals surface area contributed by atoms with Gasteiger partial charge < -0.3 is 11.0 Å². The van der Waals surface area contributed by atoms with Crippen molar-refractivity contribution in [3.8, 4) is 0 Å². The van der Waals surface area contributed by atoms with Crippen LogP contribution < -0.4 is 11.0 Å². The van der Waals surface area contributed by atoms with Crippen LogP contribution in [0.4, 0.5) is 5.69 Å². The Morgan fingerprint density at radius 1 is 1.45 bits per heavy atom.